The first-order chi connectivity index (χ1) is 42.6. The summed E-state index contributed by atoms with van der Waals surface area (Å²) in [4.78, 5) is 27.0. The van der Waals surface area contributed by atoms with E-state index < -0.39 is 236 Å². The number of esters is 2. The van der Waals surface area contributed by atoms with Crippen LogP contribution in [0.2, 0.25) is 0 Å². The average Bonchev–Trinajstić information content (AvgIpc) is 0.837. The van der Waals surface area contributed by atoms with E-state index in [4.69, 9.17) is 56.8 Å². The summed E-state index contributed by atoms with van der Waals surface area (Å²) in [6, 6.07) is 0. The molecule has 6 aliphatic heterocycles. The summed E-state index contributed by atoms with van der Waals surface area (Å²) in [5, 5.41) is 208. The van der Waals surface area contributed by atoms with Gasteiger partial charge in [0.2, 0.25) is 12.6 Å². The number of ether oxygens (including phenoxy) is 12. The van der Waals surface area contributed by atoms with Crippen molar-refractivity contribution in [1.82, 2.24) is 0 Å². The Kier molecular flexibility index (Phi) is 28.6. The Morgan fingerprint density at radius 3 is 0.889 bits per heavy atom. The van der Waals surface area contributed by atoms with Crippen molar-refractivity contribution < 1.29 is 169 Å². The smallest absolute Gasteiger partial charge is 0.336 e. The van der Waals surface area contributed by atoms with Crippen LogP contribution in [0, 0.1) is 0 Å². The number of hydrogen-bond acceptors (Lipinski definition) is 34. The Bertz CT molecular complexity index is 2330. The van der Waals surface area contributed by atoms with E-state index in [0.29, 0.717) is 11.1 Å². The first-order valence-electron chi connectivity index (χ1n) is 28.5. The summed E-state index contributed by atoms with van der Waals surface area (Å²) in [6.07, 6.45) is -38.5. The third-order valence-electron chi connectivity index (χ3n) is 15.4. The van der Waals surface area contributed by atoms with Gasteiger partial charge in [0.15, 0.2) is 37.4 Å². The second kappa shape index (κ2) is 34.4. The lowest BCUT2D eigenvalue weighted by Crippen LogP contribution is -2.65. The number of carbonyl (C=O) groups is 2. The molecule has 6 saturated heterocycles. The fourth-order valence-corrected chi connectivity index (χ4v) is 9.77. The fourth-order valence-electron chi connectivity index (χ4n) is 9.77. The molecule has 6 fully saturated rings. The lowest BCUT2D eigenvalue weighted by Gasteiger charge is -2.46. The molecule has 6 rings (SSSR count). The first-order valence-corrected chi connectivity index (χ1v) is 28.5. The van der Waals surface area contributed by atoms with Crippen molar-refractivity contribution in [3.8, 4) is 0 Å². The van der Waals surface area contributed by atoms with Gasteiger partial charge in [0.25, 0.3) is 0 Å². The van der Waals surface area contributed by atoms with Crippen LogP contribution in [0.3, 0.4) is 0 Å². The highest BCUT2D eigenvalue weighted by Gasteiger charge is 2.55. The molecule has 30 atom stereocenters. The SMILES string of the molecule is CC(C=CC=C(C)C(=O)OC1OC(COC2OC(CO)C(O)C(O)C2O)C(O)C(O)C1OC1OC(CO)C(O)C(O)C1O)=CC=CC=C(C)C=CC=C(C)C(=O)OC1OC(COC2OC(CO)C(O)C(O)C2O)C(O)C(O)C1OC1OC(CO)C(O)C(O)C1O. The van der Waals surface area contributed by atoms with Gasteiger partial charge in [-0.05, 0) is 27.7 Å². The summed E-state index contributed by atoms with van der Waals surface area (Å²) in [5.74, 6) is -2.13. The second-order valence-corrected chi connectivity index (χ2v) is 22.1. The van der Waals surface area contributed by atoms with Crippen molar-refractivity contribution in [3.63, 3.8) is 0 Å². The minimum Gasteiger partial charge on any atom is -0.429 e. The van der Waals surface area contributed by atoms with E-state index in [9.17, 15) is 112 Å². The maximum absolute atomic E-state index is 13.5. The van der Waals surface area contributed by atoms with Gasteiger partial charge in [0.05, 0.1) is 39.6 Å². The Hall–Kier alpha value is -4.08. The minimum atomic E-state index is -2.05. The molecule has 34 heteroatoms. The molecule has 6 aliphatic rings. The molecule has 0 bridgehead atoms. The monoisotopic (exact) mass is 1300 g/mol. The summed E-state index contributed by atoms with van der Waals surface area (Å²) < 4.78 is 66.5. The van der Waals surface area contributed by atoms with Gasteiger partial charge in [0, 0.05) is 11.1 Å². The predicted octanol–water partition coefficient (Wildman–Crippen LogP) is -9.58. The van der Waals surface area contributed by atoms with Crippen molar-refractivity contribution in [3.05, 3.63) is 83.1 Å². The minimum absolute atomic E-state index is 0.0554. The second-order valence-electron chi connectivity index (χ2n) is 22.1. The van der Waals surface area contributed by atoms with Gasteiger partial charge in [-0.15, -0.1) is 0 Å². The van der Waals surface area contributed by atoms with Gasteiger partial charge in [-0.2, -0.15) is 0 Å². The Morgan fingerprint density at radius 2 is 0.589 bits per heavy atom. The molecule has 6 heterocycles. The summed E-state index contributed by atoms with van der Waals surface area (Å²) in [7, 11) is 0. The van der Waals surface area contributed by atoms with Crippen molar-refractivity contribution in [2.45, 2.75) is 212 Å². The predicted molar refractivity (Wildman–Crippen MR) is 293 cm³/mol. The molecule has 90 heavy (non-hydrogen) atoms. The normalized spacial score (nSPS) is 43.7. The van der Waals surface area contributed by atoms with E-state index in [0.717, 1.165) is 0 Å². The van der Waals surface area contributed by atoms with E-state index in [1.165, 1.54) is 38.2 Å². The standard InChI is InChI=1S/C56H84O34/c1-21(11-7-13-23(3)49(77)89-55-47(87-53-45(75)39(69)33(63)27(17-59)83-53)41(71)35(65)29(85-55)19-79-51-43(73)37(67)31(61)25(15-57)81-51)9-5-6-10-22(2)12-8-14-24(4)50(78)90-56-48(88-54-46(76)40(70)34(64)28(18-60)84-54)42(72)36(66)30(86-56)20-80-52-44(74)38(68)32(62)26(16-58)82-52/h5-14,25-48,51-76H,15-20H2,1-4H3. The lowest BCUT2D eigenvalue weighted by atomic mass is 9.97. The van der Waals surface area contributed by atoms with Gasteiger partial charge in [0.1, 0.15) is 134 Å². The zero-order chi connectivity index (χ0) is 66.6. The number of aliphatic hydroxyl groups is 20. The van der Waals surface area contributed by atoms with E-state index in [1.54, 1.807) is 50.3 Å². The summed E-state index contributed by atoms with van der Waals surface area (Å²) in [5.41, 5.74) is 1.23. The van der Waals surface area contributed by atoms with Crippen LogP contribution in [-0.4, -0.2) is 338 Å². The van der Waals surface area contributed by atoms with Crippen LogP contribution in [-0.2, 0) is 66.4 Å². The van der Waals surface area contributed by atoms with E-state index >= 15 is 0 Å². The summed E-state index contributed by atoms with van der Waals surface area (Å²) >= 11 is 0. The van der Waals surface area contributed by atoms with E-state index in [2.05, 4.69) is 0 Å². The molecule has 0 spiro atoms. The number of allylic oxidation sites excluding steroid dienone is 12. The van der Waals surface area contributed by atoms with Gasteiger partial charge < -0.3 is 159 Å². The highest BCUT2D eigenvalue weighted by atomic mass is 16.8. The Labute approximate surface area is 514 Å². The van der Waals surface area contributed by atoms with E-state index in [1.807, 2.05) is 0 Å². The van der Waals surface area contributed by atoms with Crippen LogP contribution >= 0.6 is 0 Å². The van der Waals surface area contributed by atoms with Crippen LogP contribution in [0.4, 0.5) is 0 Å². The highest BCUT2D eigenvalue weighted by Crippen LogP contribution is 2.34. The lowest BCUT2D eigenvalue weighted by molar-refractivity contribution is -0.367. The number of rotatable bonds is 24. The zero-order valence-electron chi connectivity index (χ0n) is 49.0. The number of carbonyl (C=O) groups excluding carboxylic acids is 2. The van der Waals surface area contributed by atoms with E-state index in [-0.39, 0.29) is 11.1 Å². The average molecular weight is 1300 g/mol. The molecular weight excluding hydrogens is 1220 g/mol. The molecule has 0 aromatic rings. The number of hydrogen-bond donors (Lipinski definition) is 20. The van der Waals surface area contributed by atoms with Gasteiger partial charge >= 0.3 is 11.9 Å². The maximum atomic E-state index is 13.5. The van der Waals surface area contributed by atoms with Crippen molar-refractivity contribution in [1.29, 1.82) is 0 Å². The molecule has 34 nitrogen and oxygen atoms in total. The van der Waals surface area contributed by atoms with Crippen LogP contribution in [0.5, 0.6) is 0 Å². The maximum Gasteiger partial charge on any atom is 0.336 e. The van der Waals surface area contributed by atoms with Crippen LogP contribution in [0.25, 0.3) is 0 Å². The van der Waals surface area contributed by atoms with Crippen LogP contribution < -0.4 is 0 Å². The van der Waals surface area contributed by atoms with Gasteiger partial charge in [-0.25, -0.2) is 9.59 Å². The molecule has 512 valence electrons. The van der Waals surface area contributed by atoms with Gasteiger partial charge in [-0.1, -0.05) is 71.9 Å². The molecule has 0 aliphatic carbocycles. The molecule has 30 unspecified atom stereocenters. The number of aliphatic hydroxyl groups excluding tert-OH is 20. The summed E-state index contributed by atoms with van der Waals surface area (Å²) in [6.45, 7) is 1.38. The third-order valence-corrected chi connectivity index (χ3v) is 15.4. The Balaban J connectivity index is 1.07. The quantitative estimate of drug-likeness (QED) is 0.0242. The van der Waals surface area contributed by atoms with Crippen molar-refractivity contribution in [2.75, 3.05) is 39.6 Å². The highest BCUT2D eigenvalue weighted by molar-refractivity contribution is 5.88. The van der Waals surface area contributed by atoms with Crippen LogP contribution in [0.15, 0.2) is 83.1 Å². The van der Waals surface area contributed by atoms with Gasteiger partial charge in [-0.3, -0.25) is 0 Å². The molecule has 20 N–H and O–H groups in total. The first kappa shape index (κ1) is 75.0. The molecule has 0 saturated carbocycles. The molecule has 0 aromatic carbocycles. The largest absolute Gasteiger partial charge is 0.429 e. The van der Waals surface area contributed by atoms with Crippen molar-refractivity contribution >= 4 is 11.9 Å². The zero-order valence-corrected chi connectivity index (χ0v) is 49.0. The molecule has 0 amide bonds. The van der Waals surface area contributed by atoms with Crippen LogP contribution in [0.1, 0.15) is 27.7 Å². The third kappa shape index (κ3) is 18.4. The molecule has 0 aromatic heterocycles. The van der Waals surface area contributed by atoms with Crippen molar-refractivity contribution in [2.24, 2.45) is 0 Å². The topological polar surface area (TPSA) is 550 Å². The Morgan fingerprint density at radius 1 is 0.322 bits per heavy atom. The molecule has 0 radical (unpaired) electrons. The molecular formula is C56H84O34. The fraction of sp³-hybridized carbons (Fsp3) is 0.714.